The van der Waals surface area contributed by atoms with Crippen molar-refractivity contribution in [3.8, 4) is 0 Å². The number of nitrogens with two attached hydrogens (primary N) is 2. The van der Waals surface area contributed by atoms with E-state index in [-0.39, 0.29) is 5.91 Å². The van der Waals surface area contributed by atoms with E-state index in [0.717, 1.165) is 38.8 Å². The summed E-state index contributed by atoms with van der Waals surface area (Å²) in [6.07, 6.45) is 4.43. The second-order valence-corrected chi connectivity index (χ2v) is 3.77. The molecule has 1 amide bonds. The molecule has 0 aliphatic carbocycles. The fraction of sp³-hybridized carbons (Fsp3) is 0.909. The van der Waals surface area contributed by atoms with Crippen molar-refractivity contribution in [1.82, 2.24) is 4.90 Å². The highest BCUT2D eigenvalue weighted by atomic mass is 16.2. The molecule has 0 aromatic heterocycles. The highest BCUT2D eigenvalue weighted by Gasteiger charge is 2.10. The molecule has 0 radical (unpaired) electrons. The normalized spacial score (nSPS) is 10.3. The van der Waals surface area contributed by atoms with Gasteiger partial charge in [0.25, 0.3) is 0 Å². The van der Waals surface area contributed by atoms with Gasteiger partial charge in [-0.25, -0.2) is 0 Å². The van der Waals surface area contributed by atoms with E-state index in [4.69, 9.17) is 11.5 Å². The van der Waals surface area contributed by atoms with Crippen molar-refractivity contribution in [2.75, 3.05) is 26.2 Å². The number of hydrogen-bond donors (Lipinski definition) is 2. The van der Waals surface area contributed by atoms with Crippen LogP contribution in [0.1, 0.15) is 39.0 Å². The molecule has 0 aliphatic rings. The summed E-state index contributed by atoms with van der Waals surface area (Å²) in [6.45, 7) is 4.99. The van der Waals surface area contributed by atoms with Gasteiger partial charge < -0.3 is 16.4 Å². The molecule has 0 aromatic rings. The Kier molecular flexibility index (Phi) is 9.52. The zero-order valence-corrected chi connectivity index (χ0v) is 9.87. The van der Waals surface area contributed by atoms with Crippen molar-refractivity contribution in [3.63, 3.8) is 0 Å². The minimum Gasteiger partial charge on any atom is -0.343 e. The van der Waals surface area contributed by atoms with E-state index in [0.29, 0.717) is 19.5 Å². The summed E-state index contributed by atoms with van der Waals surface area (Å²) in [5.41, 5.74) is 10.9. The van der Waals surface area contributed by atoms with E-state index >= 15 is 0 Å². The number of nitrogens with zero attached hydrogens (tertiary/aromatic N) is 1. The molecule has 4 N–H and O–H groups in total. The number of rotatable bonds is 9. The van der Waals surface area contributed by atoms with Gasteiger partial charge in [-0.05, 0) is 38.8 Å². The Morgan fingerprint density at radius 3 is 2.20 bits per heavy atom. The van der Waals surface area contributed by atoms with E-state index in [1.54, 1.807) is 0 Å². The summed E-state index contributed by atoms with van der Waals surface area (Å²) in [7, 11) is 0. The summed E-state index contributed by atoms with van der Waals surface area (Å²) in [6, 6.07) is 0. The average Bonchev–Trinajstić information content (AvgIpc) is 2.23. The van der Waals surface area contributed by atoms with Crippen LogP contribution in [0, 0.1) is 0 Å². The summed E-state index contributed by atoms with van der Waals surface area (Å²) in [4.78, 5) is 13.6. The third-order valence-corrected chi connectivity index (χ3v) is 2.33. The molecule has 0 fully saturated rings. The predicted octanol–water partition coefficient (Wildman–Crippen LogP) is 0.703. The smallest absolute Gasteiger partial charge is 0.222 e. The van der Waals surface area contributed by atoms with Gasteiger partial charge in [-0.2, -0.15) is 0 Å². The highest BCUT2D eigenvalue weighted by molar-refractivity contribution is 5.76. The molecule has 4 heteroatoms. The zero-order valence-electron chi connectivity index (χ0n) is 9.87. The van der Waals surface area contributed by atoms with Gasteiger partial charge in [-0.1, -0.05) is 6.92 Å². The first-order valence-corrected chi connectivity index (χ1v) is 5.94. The molecule has 0 rings (SSSR count). The third kappa shape index (κ3) is 7.33. The van der Waals surface area contributed by atoms with Crippen LogP contribution in [0.3, 0.4) is 0 Å². The van der Waals surface area contributed by atoms with Crippen molar-refractivity contribution in [2.45, 2.75) is 39.0 Å². The molecule has 0 aliphatic heterocycles. The van der Waals surface area contributed by atoms with Gasteiger partial charge in [0.1, 0.15) is 0 Å². The van der Waals surface area contributed by atoms with Crippen molar-refractivity contribution >= 4 is 5.91 Å². The standard InChI is InChI=1S/C11H25N3O/c1-2-6-11(15)14(10-5-8-13)9-4-3-7-12/h2-10,12-13H2,1H3. The van der Waals surface area contributed by atoms with E-state index < -0.39 is 0 Å². The van der Waals surface area contributed by atoms with Crippen molar-refractivity contribution in [3.05, 3.63) is 0 Å². The summed E-state index contributed by atoms with van der Waals surface area (Å²) < 4.78 is 0. The van der Waals surface area contributed by atoms with Crippen LogP contribution in [0.4, 0.5) is 0 Å². The molecule has 0 bridgehead atoms. The van der Waals surface area contributed by atoms with Gasteiger partial charge in [0, 0.05) is 19.5 Å². The van der Waals surface area contributed by atoms with E-state index in [9.17, 15) is 4.79 Å². The van der Waals surface area contributed by atoms with Crippen molar-refractivity contribution in [1.29, 1.82) is 0 Å². The SMILES string of the molecule is CCCC(=O)N(CCCN)CCCCN. The molecule has 0 unspecified atom stereocenters. The maximum atomic E-state index is 11.7. The fourth-order valence-corrected chi connectivity index (χ4v) is 1.46. The Labute approximate surface area is 93.0 Å². The lowest BCUT2D eigenvalue weighted by Crippen LogP contribution is -2.33. The van der Waals surface area contributed by atoms with Gasteiger partial charge >= 0.3 is 0 Å². The summed E-state index contributed by atoms with van der Waals surface area (Å²) >= 11 is 0. The number of unbranched alkanes of at least 4 members (excludes halogenated alkanes) is 1. The Morgan fingerprint density at radius 2 is 1.67 bits per heavy atom. The molecule has 90 valence electrons. The van der Waals surface area contributed by atoms with Crippen LogP contribution in [0.5, 0.6) is 0 Å². The van der Waals surface area contributed by atoms with Gasteiger partial charge in [-0.3, -0.25) is 4.79 Å². The maximum absolute atomic E-state index is 11.7. The Hall–Kier alpha value is -0.610. The summed E-state index contributed by atoms with van der Waals surface area (Å²) in [5, 5.41) is 0. The topological polar surface area (TPSA) is 72.3 Å². The van der Waals surface area contributed by atoms with Gasteiger partial charge in [-0.15, -0.1) is 0 Å². The molecule has 0 heterocycles. The Morgan fingerprint density at radius 1 is 1.07 bits per heavy atom. The monoisotopic (exact) mass is 215 g/mol. The first-order valence-electron chi connectivity index (χ1n) is 5.94. The lowest BCUT2D eigenvalue weighted by atomic mass is 10.2. The molecule has 15 heavy (non-hydrogen) atoms. The minimum atomic E-state index is 0.253. The predicted molar refractivity (Wildman–Crippen MR) is 63.4 cm³/mol. The number of carbonyl (C=O) groups excluding carboxylic acids is 1. The van der Waals surface area contributed by atoms with Crippen LogP contribution in [-0.2, 0) is 4.79 Å². The van der Waals surface area contributed by atoms with Crippen molar-refractivity contribution < 1.29 is 4.79 Å². The molecular formula is C11H25N3O. The van der Waals surface area contributed by atoms with Gasteiger partial charge in [0.15, 0.2) is 0 Å². The lowest BCUT2D eigenvalue weighted by molar-refractivity contribution is -0.131. The van der Waals surface area contributed by atoms with E-state index in [2.05, 4.69) is 0 Å². The van der Waals surface area contributed by atoms with Crippen LogP contribution in [-0.4, -0.2) is 37.0 Å². The van der Waals surface area contributed by atoms with Crippen LogP contribution >= 0.6 is 0 Å². The molecule has 0 aromatic carbocycles. The molecule has 0 atom stereocenters. The Bertz CT molecular complexity index is 162. The molecule has 0 spiro atoms. The molecule has 0 saturated heterocycles. The second kappa shape index (κ2) is 9.93. The number of carbonyl (C=O) groups is 1. The first-order chi connectivity index (χ1) is 7.26. The quantitative estimate of drug-likeness (QED) is 0.556. The van der Waals surface area contributed by atoms with Crippen LogP contribution < -0.4 is 11.5 Å². The minimum absolute atomic E-state index is 0.253. The van der Waals surface area contributed by atoms with Gasteiger partial charge in [0.05, 0.1) is 0 Å². The van der Waals surface area contributed by atoms with E-state index in [1.165, 1.54) is 0 Å². The van der Waals surface area contributed by atoms with Crippen LogP contribution in [0.25, 0.3) is 0 Å². The molecule has 0 saturated carbocycles. The third-order valence-electron chi connectivity index (χ3n) is 2.33. The van der Waals surface area contributed by atoms with Crippen LogP contribution in [0.15, 0.2) is 0 Å². The van der Waals surface area contributed by atoms with Crippen molar-refractivity contribution in [2.24, 2.45) is 11.5 Å². The summed E-state index contributed by atoms with van der Waals surface area (Å²) in [5.74, 6) is 0.253. The number of amides is 1. The van der Waals surface area contributed by atoms with Crippen LogP contribution in [0.2, 0.25) is 0 Å². The second-order valence-electron chi connectivity index (χ2n) is 3.77. The number of hydrogen-bond acceptors (Lipinski definition) is 3. The molecule has 4 nitrogen and oxygen atoms in total. The van der Waals surface area contributed by atoms with E-state index in [1.807, 2.05) is 11.8 Å². The highest BCUT2D eigenvalue weighted by Crippen LogP contribution is 2.01. The average molecular weight is 215 g/mol. The lowest BCUT2D eigenvalue weighted by Gasteiger charge is -2.22. The zero-order chi connectivity index (χ0) is 11.5. The largest absolute Gasteiger partial charge is 0.343 e. The Balaban J connectivity index is 3.87. The first kappa shape index (κ1) is 14.4. The molecular weight excluding hydrogens is 190 g/mol. The van der Waals surface area contributed by atoms with Gasteiger partial charge in [0.2, 0.25) is 5.91 Å². The fourth-order valence-electron chi connectivity index (χ4n) is 1.46. The maximum Gasteiger partial charge on any atom is 0.222 e.